The summed E-state index contributed by atoms with van der Waals surface area (Å²) in [5.74, 6) is 2.13. The van der Waals surface area contributed by atoms with Crippen LogP contribution in [0.3, 0.4) is 0 Å². The Morgan fingerprint density at radius 2 is 1.76 bits per heavy atom. The summed E-state index contributed by atoms with van der Waals surface area (Å²) in [5.41, 5.74) is 1.96. The number of likely N-dealkylation sites (tertiary alicyclic amines) is 1. The first-order valence-electron chi connectivity index (χ1n) is 8.44. The van der Waals surface area contributed by atoms with Gasteiger partial charge in [0, 0.05) is 23.7 Å². The van der Waals surface area contributed by atoms with Gasteiger partial charge in [-0.3, -0.25) is 4.90 Å². The van der Waals surface area contributed by atoms with Crippen LogP contribution >= 0.6 is 0 Å². The number of nitrogens with zero attached hydrogens (tertiary/aromatic N) is 1. The van der Waals surface area contributed by atoms with Gasteiger partial charge in [0.25, 0.3) is 0 Å². The van der Waals surface area contributed by atoms with Crippen molar-refractivity contribution < 1.29 is 18.6 Å². The van der Waals surface area contributed by atoms with E-state index in [0.29, 0.717) is 12.3 Å². The third kappa shape index (κ3) is 3.71. The summed E-state index contributed by atoms with van der Waals surface area (Å²) in [5, 5.41) is 0. The molecule has 1 saturated heterocycles. The van der Waals surface area contributed by atoms with E-state index in [2.05, 4.69) is 4.90 Å². The van der Waals surface area contributed by atoms with Crippen molar-refractivity contribution >= 4 is 0 Å². The predicted molar refractivity (Wildman–Crippen MR) is 94.9 cm³/mol. The van der Waals surface area contributed by atoms with Crippen LogP contribution in [-0.4, -0.2) is 32.8 Å². The van der Waals surface area contributed by atoms with Crippen molar-refractivity contribution in [3.05, 3.63) is 53.3 Å². The molecule has 0 unspecified atom stereocenters. The quantitative estimate of drug-likeness (QED) is 0.785. The summed E-state index contributed by atoms with van der Waals surface area (Å²) >= 11 is 0. The second-order valence-corrected chi connectivity index (χ2v) is 6.19. The Hall–Kier alpha value is -2.27. The van der Waals surface area contributed by atoms with Crippen molar-refractivity contribution in [2.24, 2.45) is 0 Å². The number of rotatable bonds is 6. The Kier molecular flexibility index (Phi) is 5.43. The van der Waals surface area contributed by atoms with E-state index in [4.69, 9.17) is 14.2 Å². The minimum Gasteiger partial charge on any atom is -0.497 e. The maximum Gasteiger partial charge on any atom is 0.123 e. The van der Waals surface area contributed by atoms with Gasteiger partial charge >= 0.3 is 0 Å². The van der Waals surface area contributed by atoms with Crippen LogP contribution in [0, 0.1) is 5.82 Å². The zero-order valence-corrected chi connectivity index (χ0v) is 14.9. The van der Waals surface area contributed by atoms with E-state index in [1.54, 1.807) is 33.5 Å². The van der Waals surface area contributed by atoms with Crippen molar-refractivity contribution in [2.75, 3.05) is 27.9 Å². The Bertz CT molecular complexity index is 735. The molecule has 1 atom stereocenters. The van der Waals surface area contributed by atoms with Crippen molar-refractivity contribution in [1.29, 1.82) is 0 Å². The molecule has 0 aromatic heterocycles. The monoisotopic (exact) mass is 345 g/mol. The Balaban J connectivity index is 1.90. The van der Waals surface area contributed by atoms with E-state index in [9.17, 15) is 4.39 Å². The van der Waals surface area contributed by atoms with Gasteiger partial charge in [0.2, 0.25) is 0 Å². The topological polar surface area (TPSA) is 30.9 Å². The van der Waals surface area contributed by atoms with Gasteiger partial charge in [-0.1, -0.05) is 0 Å². The Morgan fingerprint density at radius 1 is 1.00 bits per heavy atom. The average molecular weight is 345 g/mol. The first-order valence-corrected chi connectivity index (χ1v) is 8.44. The van der Waals surface area contributed by atoms with Gasteiger partial charge in [0.15, 0.2) is 0 Å². The maximum atomic E-state index is 13.7. The molecule has 1 aliphatic rings. The van der Waals surface area contributed by atoms with E-state index < -0.39 is 0 Å². The van der Waals surface area contributed by atoms with Crippen molar-refractivity contribution in [3.8, 4) is 17.2 Å². The minimum atomic E-state index is -0.245. The summed E-state index contributed by atoms with van der Waals surface area (Å²) < 4.78 is 30.0. The third-order valence-electron chi connectivity index (χ3n) is 4.78. The van der Waals surface area contributed by atoms with Gasteiger partial charge in [-0.15, -0.1) is 0 Å². The molecule has 0 radical (unpaired) electrons. The van der Waals surface area contributed by atoms with E-state index in [1.807, 2.05) is 18.2 Å². The van der Waals surface area contributed by atoms with Crippen LogP contribution in [-0.2, 0) is 6.54 Å². The molecule has 0 saturated carbocycles. The maximum absolute atomic E-state index is 13.7. The first kappa shape index (κ1) is 17.5. The molecule has 1 aliphatic heterocycles. The average Bonchev–Trinajstić information content (AvgIpc) is 3.09. The lowest BCUT2D eigenvalue weighted by Crippen LogP contribution is -2.23. The van der Waals surface area contributed by atoms with Gasteiger partial charge in [0.05, 0.1) is 21.3 Å². The molecule has 2 aromatic rings. The van der Waals surface area contributed by atoms with Crippen molar-refractivity contribution in [1.82, 2.24) is 4.90 Å². The molecule has 4 nitrogen and oxygen atoms in total. The molecular weight excluding hydrogens is 321 g/mol. The van der Waals surface area contributed by atoms with Gasteiger partial charge in [-0.05, 0) is 55.8 Å². The molecule has 2 aromatic carbocycles. The fourth-order valence-electron chi connectivity index (χ4n) is 3.56. The molecule has 0 spiro atoms. The molecule has 25 heavy (non-hydrogen) atoms. The lowest BCUT2D eigenvalue weighted by atomic mass is 10.0. The SMILES string of the molecule is COc1ccc(OC)c([C@@H]2CCCN2Cc2cc(F)ccc2OC)c1. The summed E-state index contributed by atoms with van der Waals surface area (Å²) in [6.45, 7) is 1.58. The first-order chi connectivity index (χ1) is 12.2. The third-order valence-corrected chi connectivity index (χ3v) is 4.78. The zero-order chi connectivity index (χ0) is 17.8. The summed E-state index contributed by atoms with van der Waals surface area (Å²) in [6, 6.07) is 10.7. The van der Waals surface area contributed by atoms with Gasteiger partial charge in [-0.2, -0.15) is 0 Å². The molecule has 3 rings (SSSR count). The number of halogens is 1. The highest BCUT2D eigenvalue weighted by atomic mass is 19.1. The smallest absolute Gasteiger partial charge is 0.123 e. The minimum absolute atomic E-state index is 0.207. The highest BCUT2D eigenvalue weighted by Gasteiger charge is 2.29. The largest absolute Gasteiger partial charge is 0.497 e. The lowest BCUT2D eigenvalue weighted by Gasteiger charge is -2.27. The number of methoxy groups -OCH3 is 3. The second kappa shape index (κ2) is 7.74. The fourth-order valence-corrected chi connectivity index (χ4v) is 3.56. The van der Waals surface area contributed by atoms with Gasteiger partial charge < -0.3 is 14.2 Å². The lowest BCUT2D eigenvalue weighted by molar-refractivity contribution is 0.238. The summed E-state index contributed by atoms with van der Waals surface area (Å²) in [7, 11) is 4.96. The normalized spacial score (nSPS) is 17.5. The summed E-state index contributed by atoms with van der Waals surface area (Å²) in [6.07, 6.45) is 2.11. The molecule has 0 bridgehead atoms. The van der Waals surface area contributed by atoms with Gasteiger partial charge in [-0.25, -0.2) is 4.39 Å². The molecule has 134 valence electrons. The van der Waals surface area contributed by atoms with Crippen molar-refractivity contribution in [2.45, 2.75) is 25.4 Å². The highest BCUT2D eigenvalue weighted by Crippen LogP contribution is 2.40. The van der Waals surface area contributed by atoms with Crippen molar-refractivity contribution in [3.63, 3.8) is 0 Å². The van der Waals surface area contributed by atoms with Crippen LogP contribution < -0.4 is 14.2 Å². The van der Waals surface area contributed by atoms with Crippen LogP contribution in [0.2, 0.25) is 0 Å². The van der Waals surface area contributed by atoms with E-state index in [1.165, 1.54) is 6.07 Å². The van der Waals surface area contributed by atoms with Crippen LogP contribution in [0.5, 0.6) is 17.2 Å². The summed E-state index contributed by atoms with van der Waals surface area (Å²) in [4.78, 5) is 2.34. The number of ether oxygens (including phenoxy) is 3. The van der Waals surface area contributed by atoms with Crippen LogP contribution in [0.15, 0.2) is 36.4 Å². The predicted octanol–water partition coefficient (Wildman–Crippen LogP) is 4.19. The van der Waals surface area contributed by atoms with Crippen LogP contribution in [0.25, 0.3) is 0 Å². The van der Waals surface area contributed by atoms with E-state index in [0.717, 1.165) is 42.0 Å². The number of hydrogen-bond acceptors (Lipinski definition) is 4. The van der Waals surface area contributed by atoms with E-state index >= 15 is 0 Å². The standard InChI is InChI=1S/C20H24FNO3/c1-23-16-7-9-20(25-3)17(12-16)18-5-4-10-22(18)13-14-11-15(21)6-8-19(14)24-2/h6-9,11-12,18H,4-5,10,13H2,1-3H3/t18-/m0/s1. The van der Waals surface area contributed by atoms with Gasteiger partial charge in [0.1, 0.15) is 23.1 Å². The van der Waals surface area contributed by atoms with E-state index in [-0.39, 0.29) is 11.9 Å². The molecule has 0 aliphatic carbocycles. The van der Waals surface area contributed by atoms with Crippen LogP contribution in [0.1, 0.15) is 30.0 Å². The second-order valence-electron chi connectivity index (χ2n) is 6.19. The number of hydrogen-bond donors (Lipinski definition) is 0. The van der Waals surface area contributed by atoms with Crippen LogP contribution in [0.4, 0.5) is 4.39 Å². The zero-order valence-electron chi connectivity index (χ0n) is 14.9. The number of benzene rings is 2. The molecular formula is C20H24FNO3. The molecule has 5 heteroatoms. The molecule has 0 N–H and O–H groups in total. The highest BCUT2D eigenvalue weighted by molar-refractivity contribution is 5.43. The molecule has 0 amide bonds. The molecule has 1 fully saturated rings. The fraction of sp³-hybridized carbons (Fsp3) is 0.400. The Morgan fingerprint density at radius 3 is 2.48 bits per heavy atom. The molecule has 1 heterocycles. The Labute approximate surface area is 148 Å².